The summed E-state index contributed by atoms with van der Waals surface area (Å²) in [5.74, 6) is 0. The summed E-state index contributed by atoms with van der Waals surface area (Å²) in [5.41, 5.74) is 17.2. The van der Waals surface area contributed by atoms with Crippen LogP contribution in [0.15, 0.2) is 186 Å². The van der Waals surface area contributed by atoms with Crippen LogP contribution < -0.4 is 0 Å². The maximum Gasteiger partial charge on any atom is 0.135 e. The van der Waals surface area contributed by atoms with Crippen LogP contribution in [-0.4, -0.2) is 0 Å². The van der Waals surface area contributed by atoms with Gasteiger partial charge in [0.1, 0.15) is 11.2 Å². The summed E-state index contributed by atoms with van der Waals surface area (Å²) in [6.45, 7) is 0. The van der Waals surface area contributed by atoms with Crippen molar-refractivity contribution in [2.24, 2.45) is 0 Å². The van der Waals surface area contributed by atoms with Crippen molar-refractivity contribution >= 4 is 43.5 Å². The lowest BCUT2D eigenvalue weighted by Crippen LogP contribution is -1.95. The van der Waals surface area contributed by atoms with Crippen molar-refractivity contribution in [2.75, 3.05) is 0 Å². The zero-order chi connectivity index (χ0) is 34.2. The molecule has 1 heteroatoms. The fourth-order valence-electron chi connectivity index (χ4n) is 8.82. The highest BCUT2D eigenvalue weighted by atomic mass is 16.3. The Hall–Kier alpha value is -6.70. The monoisotopic (exact) mass is 660 g/mol. The average Bonchev–Trinajstić information content (AvgIpc) is 3.77. The van der Waals surface area contributed by atoms with E-state index in [2.05, 4.69) is 176 Å². The highest BCUT2D eigenvalue weighted by molar-refractivity contribution is 6.24. The molecule has 1 aromatic heterocycles. The second kappa shape index (κ2) is 11.4. The van der Waals surface area contributed by atoms with Crippen molar-refractivity contribution in [2.45, 2.75) is 6.42 Å². The van der Waals surface area contributed by atoms with Crippen LogP contribution in [0.5, 0.6) is 0 Å². The standard InChI is InChI=1S/C51H32O/c1-2-13-32(14-3-1)39-22-12-23-40(34-25-27-38-36(30-34)29-33-15-4-5-16-37(33)38)50(39)51-44-20-8-6-18-42(44)49(43-19-7-9-21-45(43)51)35-26-28-48-46(31-35)41-17-10-11-24-47(41)52-48/h1-28,30-31H,29H2. The van der Waals surface area contributed by atoms with E-state index in [-0.39, 0.29) is 0 Å². The fraction of sp³-hybridized carbons (Fsp3) is 0.0196. The van der Waals surface area contributed by atoms with Gasteiger partial charge in [0.2, 0.25) is 0 Å². The summed E-state index contributed by atoms with van der Waals surface area (Å²) in [4.78, 5) is 0. The quantitative estimate of drug-likeness (QED) is 0.171. The van der Waals surface area contributed by atoms with Crippen LogP contribution in [0.4, 0.5) is 0 Å². The van der Waals surface area contributed by atoms with Gasteiger partial charge in [-0.1, -0.05) is 164 Å². The first-order valence-corrected chi connectivity index (χ1v) is 18.1. The highest BCUT2D eigenvalue weighted by Crippen LogP contribution is 2.50. The molecule has 0 fully saturated rings. The molecule has 1 aliphatic carbocycles. The lowest BCUT2D eigenvalue weighted by atomic mass is 9.80. The summed E-state index contributed by atoms with van der Waals surface area (Å²) in [6.07, 6.45) is 0.962. The van der Waals surface area contributed by atoms with Crippen LogP contribution >= 0.6 is 0 Å². The molecular formula is C51H32O. The van der Waals surface area contributed by atoms with Crippen molar-refractivity contribution in [3.05, 3.63) is 193 Å². The van der Waals surface area contributed by atoms with Gasteiger partial charge in [0, 0.05) is 10.8 Å². The summed E-state index contributed by atoms with van der Waals surface area (Å²) < 4.78 is 6.25. The lowest BCUT2D eigenvalue weighted by molar-refractivity contribution is 0.669. The molecule has 0 N–H and O–H groups in total. The van der Waals surface area contributed by atoms with E-state index in [1.165, 1.54) is 88.3 Å². The number of furan rings is 1. The highest BCUT2D eigenvalue weighted by Gasteiger charge is 2.24. The van der Waals surface area contributed by atoms with Crippen molar-refractivity contribution in [3.63, 3.8) is 0 Å². The van der Waals surface area contributed by atoms with Crippen LogP contribution in [-0.2, 0) is 6.42 Å². The third-order valence-corrected chi connectivity index (χ3v) is 11.1. The van der Waals surface area contributed by atoms with Gasteiger partial charge < -0.3 is 4.42 Å². The van der Waals surface area contributed by atoms with Gasteiger partial charge in [-0.25, -0.2) is 0 Å². The van der Waals surface area contributed by atoms with Gasteiger partial charge in [0.25, 0.3) is 0 Å². The van der Waals surface area contributed by atoms with Crippen LogP contribution in [0.3, 0.4) is 0 Å². The molecule has 9 aromatic carbocycles. The Bertz CT molecular complexity index is 2980. The number of benzene rings is 9. The van der Waals surface area contributed by atoms with Gasteiger partial charge in [-0.05, 0) is 113 Å². The molecule has 0 amide bonds. The normalized spacial score (nSPS) is 12.2. The average molecular weight is 661 g/mol. The van der Waals surface area contributed by atoms with Gasteiger partial charge in [-0.3, -0.25) is 0 Å². The number of para-hydroxylation sites is 1. The molecule has 0 saturated heterocycles. The fourth-order valence-corrected chi connectivity index (χ4v) is 8.82. The zero-order valence-electron chi connectivity index (χ0n) is 28.4. The molecule has 52 heavy (non-hydrogen) atoms. The molecule has 0 saturated carbocycles. The van der Waals surface area contributed by atoms with E-state index < -0.39 is 0 Å². The van der Waals surface area contributed by atoms with Gasteiger partial charge in [0.05, 0.1) is 0 Å². The number of hydrogen-bond donors (Lipinski definition) is 0. The third kappa shape index (κ3) is 4.36. The molecule has 10 aromatic rings. The summed E-state index contributed by atoms with van der Waals surface area (Å²) in [6, 6.07) is 66.7. The summed E-state index contributed by atoms with van der Waals surface area (Å²) in [5, 5.41) is 7.24. The van der Waals surface area contributed by atoms with Crippen molar-refractivity contribution in [1.82, 2.24) is 0 Å². The van der Waals surface area contributed by atoms with E-state index in [4.69, 9.17) is 4.42 Å². The lowest BCUT2D eigenvalue weighted by Gasteiger charge is -2.22. The molecular weight excluding hydrogens is 629 g/mol. The largest absolute Gasteiger partial charge is 0.456 e. The first kappa shape index (κ1) is 29.1. The van der Waals surface area contributed by atoms with E-state index >= 15 is 0 Å². The minimum atomic E-state index is 0.911. The van der Waals surface area contributed by atoms with E-state index in [1.807, 2.05) is 6.07 Å². The number of fused-ring (bicyclic) bond motifs is 8. The Morgan fingerprint density at radius 1 is 0.288 bits per heavy atom. The van der Waals surface area contributed by atoms with Gasteiger partial charge in [-0.2, -0.15) is 0 Å². The smallest absolute Gasteiger partial charge is 0.135 e. The number of hydrogen-bond acceptors (Lipinski definition) is 1. The minimum Gasteiger partial charge on any atom is -0.456 e. The first-order valence-electron chi connectivity index (χ1n) is 18.1. The molecule has 0 radical (unpaired) electrons. The second-order valence-electron chi connectivity index (χ2n) is 14.0. The predicted octanol–water partition coefficient (Wildman–Crippen LogP) is 14.1. The third-order valence-electron chi connectivity index (χ3n) is 11.1. The second-order valence-corrected chi connectivity index (χ2v) is 14.0. The molecule has 0 bridgehead atoms. The predicted molar refractivity (Wildman–Crippen MR) is 219 cm³/mol. The Balaban J connectivity index is 1.22. The first-order chi connectivity index (χ1) is 25.8. The molecule has 11 rings (SSSR count). The maximum absolute atomic E-state index is 6.25. The van der Waals surface area contributed by atoms with Crippen molar-refractivity contribution in [3.8, 4) is 55.6 Å². The molecule has 0 spiro atoms. The Labute approximate surface area is 302 Å². The van der Waals surface area contributed by atoms with E-state index in [0.717, 1.165) is 28.4 Å². The topological polar surface area (TPSA) is 13.1 Å². The van der Waals surface area contributed by atoms with E-state index in [9.17, 15) is 0 Å². The molecule has 242 valence electrons. The van der Waals surface area contributed by atoms with E-state index in [1.54, 1.807) is 0 Å². The molecule has 0 unspecified atom stereocenters. The van der Waals surface area contributed by atoms with Gasteiger partial charge >= 0.3 is 0 Å². The van der Waals surface area contributed by atoms with Crippen molar-refractivity contribution in [1.29, 1.82) is 0 Å². The van der Waals surface area contributed by atoms with Crippen LogP contribution in [0.1, 0.15) is 11.1 Å². The van der Waals surface area contributed by atoms with Crippen LogP contribution in [0, 0.1) is 0 Å². The minimum absolute atomic E-state index is 0.911. The SMILES string of the molecule is c1ccc(-c2cccc(-c3ccc4c(c3)Cc3ccccc3-4)c2-c2c3ccccc3c(-c3ccc4oc5ccccc5c4c3)c3ccccc23)cc1. The molecule has 1 aliphatic rings. The van der Waals surface area contributed by atoms with Gasteiger partial charge in [-0.15, -0.1) is 0 Å². The molecule has 0 aliphatic heterocycles. The Morgan fingerprint density at radius 3 is 1.62 bits per heavy atom. The summed E-state index contributed by atoms with van der Waals surface area (Å²) >= 11 is 0. The summed E-state index contributed by atoms with van der Waals surface area (Å²) in [7, 11) is 0. The molecule has 1 nitrogen and oxygen atoms in total. The molecule has 0 atom stereocenters. The Morgan fingerprint density at radius 2 is 0.846 bits per heavy atom. The van der Waals surface area contributed by atoms with E-state index in [0.29, 0.717) is 0 Å². The Kier molecular flexibility index (Phi) is 6.38. The van der Waals surface area contributed by atoms with Crippen LogP contribution in [0.25, 0.3) is 99.1 Å². The maximum atomic E-state index is 6.25. The van der Waals surface area contributed by atoms with Crippen LogP contribution in [0.2, 0.25) is 0 Å². The zero-order valence-corrected chi connectivity index (χ0v) is 28.4. The van der Waals surface area contributed by atoms with Crippen molar-refractivity contribution < 1.29 is 4.42 Å². The number of rotatable bonds is 4. The van der Waals surface area contributed by atoms with Gasteiger partial charge in [0.15, 0.2) is 0 Å². The molecule has 1 heterocycles.